The van der Waals surface area contributed by atoms with Gasteiger partial charge in [0.1, 0.15) is 6.61 Å². The molecule has 0 amide bonds. The van der Waals surface area contributed by atoms with Gasteiger partial charge in [-0.1, -0.05) is 6.08 Å². The van der Waals surface area contributed by atoms with E-state index in [1.54, 1.807) is 19.9 Å². The maximum atomic E-state index is 11.1. The Morgan fingerprint density at radius 3 is 2.29 bits per heavy atom. The van der Waals surface area contributed by atoms with Crippen molar-refractivity contribution in [3.05, 3.63) is 11.6 Å². The molecular formula is C11H20O6. The van der Waals surface area contributed by atoms with Gasteiger partial charge in [0, 0.05) is 5.57 Å². The van der Waals surface area contributed by atoms with Crippen LogP contribution in [0.4, 0.5) is 0 Å². The summed E-state index contributed by atoms with van der Waals surface area (Å²) in [4.78, 5) is 20.2. The summed E-state index contributed by atoms with van der Waals surface area (Å²) in [6, 6.07) is 0. The Morgan fingerprint density at radius 2 is 1.71 bits per heavy atom. The number of ether oxygens (including phenoxy) is 2. The van der Waals surface area contributed by atoms with Gasteiger partial charge in [0.05, 0.1) is 33.0 Å². The highest BCUT2D eigenvalue weighted by atomic mass is 17.2. The molecular weight excluding hydrogens is 228 g/mol. The average Bonchev–Trinajstić information content (AvgIpc) is 2.35. The first-order chi connectivity index (χ1) is 8.22. The predicted molar refractivity (Wildman–Crippen MR) is 60.2 cm³/mol. The Hall–Kier alpha value is -0.950. The number of rotatable bonds is 10. The molecule has 0 heterocycles. The number of carbonyl (C=O) groups excluding carboxylic acids is 1. The maximum Gasteiger partial charge on any atom is 0.368 e. The fourth-order valence-electron chi connectivity index (χ4n) is 0.758. The highest BCUT2D eigenvalue weighted by molar-refractivity contribution is 5.87. The molecule has 6 heteroatoms. The molecule has 0 radical (unpaired) electrons. The molecule has 0 aromatic heterocycles. The molecule has 0 aliphatic rings. The van der Waals surface area contributed by atoms with E-state index in [0.717, 1.165) is 0 Å². The number of aliphatic hydroxyl groups is 1. The van der Waals surface area contributed by atoms with Gasteiger partial charge in [-0.3, -0.25) is 4.89 Å². The lowest BCUT2D eigenvalue weighted by atomic mass is 10.3. The van der Waals surface area contributed by atoms with Crippen LogP contribution in [0.1, 0.15) is 13.8 Å². The van der Waals surface area contributed by atoms with Gasteiger partial charge in [0.25, 0.3) is 0 Å². The van der Waals surface area contributed by atoms with E-state index in [2.05, 4.69) is 9.78 Å². The highest BCUT2D eigenvalue weighted by Crippen LogP contribution is 1.96. The molecule has 0 aliphatic heterocycles. The molecule has 0 saturated heterocycles. The van der Waals surface area contributed by atoms with Crippen LogP contribution in [0, 0.1) is 0 Å². The molecule has 0 aromatic carbocycles. The molecule has 0 aromatic rings. The van der Waals surface area contributed by atoms with Gasteiger partial charge in [-0.25, -0.2) is 4.79 Å². The lowest BCUT2D eigenvalue weighted by Gasteiger charge is -2.05. The topological polar surface area (TPSA) is 74.2 Å². The molecule has 100 valence electrons. The van der Waals surface area contributed by atoms with E-state index in [9.17, 15) is 4.79 Å². The summed E-state index contributed by atoms with van der Waals surface area (Å²) < 4.78 is 10.1. The average molecular weight is 248 g/mol. The number of hydrogen-bond acceptors (Lipinski definition) is 6. The third-order valence-corrected chi connectivity index (χ3v) is 1.81. The van der Waals surface area contributed by atoms with Crippen LogP contribution in [0.3, 0.4) is 0 Å². The normalized spacial score (nSPS) is 11.6. The van der Waals surface area contributed by atoms with Gasteiger partial charge in [-0.15, -0.1) is 0 Å². The van der Waals surface area contributed by atoms with E-state index < -0.39 is 5.97 Å². The van der Waals surface area contributed by atoms with Crippen molar-refractivity contribution >= 4 is 5.97 Å². The van der Waals surface area contributed by atoms with E-state index in [4.69, 9.17) is 14.6 Å². The third kappa shape index (κ3) is 9.95. The zero-order valence-corrected chi connectivity index (χ0v) is 10.3. The lowest BCUT2D eigenvalue weighted by Crippen LogP contribution is -2.13. The van der Waals surface area contributed by atoms with Crippen LogP contribution >= 0.6 is 0 Å². The maximum absolute atomic E-state index is 11.1. The Morgan fingerprint density at radius 1 is 1.12 bits per heavy atom. The van der Waals surface area contributed by atoms with E-state index in [1.807, 2.05) is 0 Å². The van der Waals surface area contributed by atoms with Gasteiger partial charge < -0.3 is 14.6 Å². The SMILES string of the molecule is CC=C(C)C(=O)OOCCOCCOCCO. The molecule has 0 unspecified atom stereocenters. The first-order valence-corrected chi connectivity index (χ1v) is 5.45. The van der Waals surface area contributed by atoms with Crippen LogP contribution in [-0.4, -0.2) is 50.7 Å². The highest BCUT2D eigenvalue weighted by Gasteiger charge is 2.04. The Kier molecular flexibility index (Phi) is 10.9. The summed E-state index contributed by atoms with van der Waals surface area (Å²) in [5.74, 6) is -0.501. The van der Waals surface area contributed by atoms with Crippen LogP contribution in [-0.2, 0) is 24.0 Å². The second kappa shape index (κ2) is 11.5. The van der Waals surface area contributed by atoms with Crippen molar-refractivity contribution in [2.45, 2.75) is 13.8 Å². The van der Waals surface area contributed by atoms with Crippen molar-refractivity contribution in [3.8, 4) is 0 Å². The van der Waals surface area contributed by atoms with Crippen LogP contribution in [0.5, 0.6) is 0 Å². The predicted octanol–water partition coefficient (Wildman–Crippen LogP) is 0.453. The third-order valence-electron chi connectivity index (χ3n) is 1.81. The summed E-state index contributed by atoms with van der Waals surface area (Å²) in [5, 5.41) is 8.42. The number of carbonyl (C=O) groups is 1. The molecule has 0 bridgehead atoms. The van der Waals surface area contributed by atoms with E-state index in [0.29, 0.717) is 32.0 Å². The fraction of sp³-hybridized carbons (Fsp3) is 0.727. The molecule has 0 aliphatic carbocycles. The van der Waals surface area contributed by atoms with Gasteiger partial charge in [-0.05, 0) is 13.8 Å². The molecule has 0 saturated carbocycles. The summed E-state index contributed by atoms with van der Waals surface area (Å²) in [6.45, 7) is 4.99. The van der Waals surface area contributed by atoms with Gasteiger partial charge in [0.2, 0.25) is 0 Å². The number of aliphatic hydroxyl groups excluding tert-OH is 1. The van der Waals surface area contributed by atoms with Crippen molar-refractivity contribution in [2.75, 3.05) is 39.6 Å². The standard InChI is InChI=1S/C11H20O6/c1-3-10(2)11(13)17-16-9-8-15-7-6-14-5-4-12/h3,12H,4-9H2,1-2H3. The van der Waals surface area contributed by atoms with E-state index in [1.165, 1.54) is 0 Å². The molecule has 17 heavy (non-hydrogen) atoms. The smallest absolute Gasteiger partial charge is 0.368 e. The van der Waals surface area contributed by atoms with E-state index in [-0.39, 0.29) is 13.2 Å². The minimum Gasteiger partial charge on any atom is -0.394 e. The lowest BCUT2D eigenvalue weighted by molar-refractivity contribution is -0.272. The zero-order chi connectivity index (χ0) is 12.9. The van der Waals surface area contributed by atoms with Crippen molar-refractivity contribution in [2.24, 2.45) is 0 Å². The first-order valence-electron chi connectivity index (χ1n) is 5.45. The minimum atomic E-state index is -0.501. The van der Waals surface area contributed by atoms with Crippen LogP contribution in [0.15, 0.2) is 11.6 Å². The number of allylic oxidation sites excluding steroid dienone is 1. The van der Waals surface area contributed by atoms with Crippen molar-refractivity contribution < 1.29 is 29.1 Å². The first kappa shape index (κ1) is 16.1. The van der Waals surface area contributed by atoms with Crippen molar-refractivity contribution in [1.82, 2.24) is 0 Å². The van der Waals surface area contributed by atoms with Crippen LogP contribution in [0.25, 0.3) is 0 Å². The van der Waals surface area contributed by atoms with Crippen LogP contribution < -0.4 is 0 Å². The minimum absolute atomic E-state index is 0.00333. The molecule has 0 rings (SSSR count). The second-order valence-corrected chi connectivity index (χ2v) is 3.11. The largest absolute Gasteiger partial charge is 0.394 e. The van der Waals surface area contributed by atoms with Gasteiger partial charge >= 0.3 is 5.97 Å². The Bertz CT molecular complexity index is 226. The van der Waals surface area contributed by atoms with Crippen LogP contribution in [0.2, 0.25) is 0 Å². The molecule has 0 atom stereocenters. The van der Waals surface area contributed by atoms with E-state index >= 15 is 0 Å². The zero-order valence-electron chi connectivity index (χ0n) is 10.3. The van der Waals surface area contributed by atoms with Crippen molar-refractivity contribution in [3.63, 3.8) is 0 Å². The number of hydrogen-bond donors (Lipinski definition) is 1. The molecule has 6 nitrogen and oxygen atoms in total. The summed E-state index contributed by atoms with van der Waals surface area (Å²) >= 11 is 0. The fourth-order valence-corrected chi connectivity index (χ4v) is 0.758. The summed E-state index contributed by atoms with van der Waals surface area (Å²) in [6.07, 6.45) is 1.64. The summed E-state index contributed by atoms with van der Waals surface area (Å²) in [5.41, 5.74) is 0.489. The quantitative estimate of drug-likeness (QED) is 0.262. The second-order valence-electron chi connectivity index (χ2n) is 3.11. The monoisotopic (exact) mass is 248 g/mol. The molecule has 0 fully saturated rings. The van der Waals surface area contributed by atoms with Crippen molar-refractivity contribution in [1.29, 1.82) is 0 Å². The Balaban J connectivity index is 3.21. The van der Waals surface area contributed by atoms with Gasteiger partial charge in [-0.2, -0.15) is 4.89 Å². The molecule has 0 spiro atoms. The molecule has 1 N–H and O–H groups in total. The Labute approximate surface area is 101 Å². The summed E-state index contributed by atoms with van der Waals surface area (Å²) in [7, 11) is 0. The van der Waals surface area contributed by atoms with Gasteiger partial charge in [0.15, 0.2) is 0 Å².